The molecule has 4 heteroatoms. The van der Waals surface area contributed by atoms with Crippen molar-refractivity contribution in [2.45, 2.75) is 33.8 Å². The normalized spacial score (nSPS) is 11.8. The lowest BCUT2D eigenvalue weighted by atomic mass is 10.1. The van der Waals surface area contributed by atoms with Crippen molar-refractivity contribution in [1.29, 1.82) is 0 Å². The van der Waals surface area contributed by atoms with Gasteiger partial charge in [-0.1, -0.05) is 72.8 Å². The van der Waals surface area contributed by atoms with Gasteiger partial charge in [0.25, 0.3) is 5.91 Å². The number of hydrogen-bond acceptors (Lipinski definition) is 3. The van der Waals surface area contributed by atoms with E-state index in [1.165, 1.54) is 9.79 Å². The topological polar surface area (TPSA) is 20.3 Å². The number of anilines is 1. The van der Waals surface area contributed by atoms with Crippen LogP contribution in [0.1, 0.15) is 23.7 Å². The Morgan fingerprint density at radius 3 is 1.58 bits per heavy atom. The van der Waals surface area contributed by atoms with Crippen molar-refractivity contribution in [3.63, 3.8) is 0 Å². The standard InChI is InChI=1S/C29H27NOS2/c1-23(30(25-16-8-3-9-17-25)29(31)24-14-6-2-7-15-24)22-28(32-26-18-10-4-11-19-26)33-27-20-12-5-13-21-27/h2-21,23,28H,22H2,1H3. The molecule has 1 atom stereocenters. The maximum Gasteiger partial charge on any atom is 0.258 e. The van der Waals surface area contributed by atoms with Gasteiger partial charge in [0.2, 0.25) is 0 Å². The molecule has 0 aliphatic heterocycles. The van der Waals surface area contributed by atoms with E-state index in [4.69, 9.17) is 0 Å². The van der Waals surface area contributed by atoms with Crippen LogP contribution in [-0.4, -0.2) is 16.5 Å². The fraction of sp³-hybridized carbons (Fsp3) is 0.138. The van der Waals surface area contributed by atoms with Gasteiger partial charge in [0.15, 0.2) is 0 Å². The SMILES string of the molecule is CC(CC(Sc1ccccc1)Sc1ccccc1)N(C(=O)c1ccccc1)c1ccccc1. The number of amides is 1. The minimum absolute atomic E-state index is 0.0116. The molecule has 4 aromatic rings. The van der Waals surface area contributed by atoms with Crippen LogP contribution >= 0.6 is 23.5 Å². The third-order valence-corrected chi connectivity index (χ3v) is 7.85. The molecule has 0 N–H and O–H groups in total. The van der Waals surface area contributed by atoms with Gasteiger partial charge in [0.05, 0.1) is 4.58 Å². The lowest BCUT2D eigenvalue weighted by molar-refractivity contribution is 0.0978. The summed E-state index contributed by atoms with van der Waals surface area (Å²) >= 11 is 3.71. The molecule has 0 bridgehead atoms. The van der Waals surface area contributed by atoms with E-state index in [-0.39, 0.29) is 16.5 Å². The Balaban J connectivity index is 1.61. The zero-order chi connectivity index (χ0) is 22.9. The summed E-state index contributed by atoms with van der Waals surface area (Å²) in [5.41, 5.74) is 1.63. The van der Waals surface area contributed by atoms with Gasteiger partial charge in [0, 0.05) is 27.1 Å². The quantitative estimate of drug-likeness (QED) is 0.183. The second-order valence-electron chi connectivity index (χ2n) is 7.75. The maximum absolute atomic E-state index is 13.6. The van der Waals surface area contributed by atoms with Gasteiger partial charge in [-0.25, -0.2) is 0 Å². The molecule has 166 valence electrons. The van der Waals surface area contributed by atoms with Crippen LogP contribution in [0.25, 0.3) is 0 Å². The Hall–Kier alpha value is -2.95. The molecule has 0 heterocycles. The number of benzene rings is 4. The molecule has 33 heavy (non-hydrogen) atoms. The third kappa shape index (κ3) is 6.53. The van der Waals surface area contributed by atoms with Crippen LogP contribution in [0, 0.1) is 0 Å². The molecule has 0 aliphatic carbocycles. The van der Waals surface area contributed by atoms with Crippen LogP contribution in [0.15, 0.2) is 131 Å². The first kappa shape index (κ1) is 23.2. The number of carbonyl (C=O) groups excluding carboxylic acids is 1. The van der Waals surface area contributed by atoms with Crippen molar-refractivity contribution in [2.75, 3.05) is 4.90 Å². The molecule has 0 spiro atoms. The van der Waals surface area contributed by atoms with Crippen LogP contribution in [0.4, 0.5) is 5.69 Å². The molecule has 4 rings (SSSR count). The first-order chi connectivity index (χ1) is 16.2. The molecule has 4 aromatic carbocycles. The number of carbonyl (C=O) groups is 1. The number of thioether (sulfide) groups is 2. The second kappa shape index (κ2) is 11.8. The highest BCUT2D eigenvalue weighted by Crippen LogP contribution is 2.39. The zero-order valence-electron chi connectivity index (χ0n) is 18.6. The van der Waals surface area contributed by atoms with Crippen LogP contribution in [0.3, 0.4) is 0 Å². The minimum atomic E-state index is 0.0116. The highest BCUT2D eigenvalue weighted by Gasteiger charge is 2.26. The van der Waals surface area contributed by atoms with E-state index >= 15 is 0 Å². The molecule has 1 unspecified atom stereocenters. The summed E-state index contributed by atoms with van der Waals surface area (Å²) in [7, 11) is 0. The molecular formula is C29H27NOS2. The minimum Gasteiger partial charge on any atom is -0.306 e. The Bertz CT molecular complexity index is 1080. The smallest absolute Gasteiger partial charge is 0.258 e. The van der Waals surface area contributed by atoms with Gasteiger partial charge >= 0.3 is 0 Å². The lowest BCUT2D eigenvalue weighted by Crippen LogP contribution is -2.40. The first-order valence-corrected chi connectivity index (χ1v) is 12.8. The Labute approximate surface area is 205 Å². The van der Waals surface area contributed by atoms with Crippen molar-refractivity contribution in [1.82, 2.24) is 0 Å². The van der Waals surface area contributed by atoms with E-state index in [0.717, 1.165) is 12.1 Å². The number of para-hydroxylation sites is 1. The first-order valence-electron chi connectivity index (χ1n) is 11.1. The summed E-state index contributed by atoms with van der Waals surface area (Å²) in [5.74, 6) is 0.0301. The van der Waals surface area contributed by atoms with E-state index in [9.17, 15) is 4.79 Å². The summed E-state index contributed by atoms with van der Waals surface area (Å²) in [6.45, 7) is 2.15. The summed E-state index contributed by atoms with van der Waals surface area (Å²) in [6, 6.07) is 40.5. The Kier molecular flexibility index (Phi) is 8.29. The van der Waals surface area contributed by atoms with Crippen molar-refractivity contribution in [3.05, 3.63) is 127 Å². The van der Waals surface area contributed by atoms with E-state index < -0.39 is 0 Å². The monoisotopic (exact) mass is 469 g/mol. The zero-order valence-corrected chi connectivity index (χ0v) is 20.2. The molecule has 0 radical (unpaired) electrons. The Morgan fingerprint density at radius 1 is 0.667 bits per heavy atom. The molecule has 0 aliphatic rings. The summed E-state index contributed by atoms with van der Waals surface area (Å²) in [6.07, 6.45) is 0.840. The Morgan fingerprint density at radius 2 is 1.09 bits per heavy atom. The van der Waals surface area contributed by atoms with Crippen LogP contribution in [0.5, 0.6) is 0 Å². The van der Waals surface area contributed by atoms with Gasteiger partial charge in [-0.05, 0) is 61.9 Å². The van der Waals surface area contributed by atoms with Crippen LogP contribution < -0.4 is 4.90 Å². The van der Waals surface area contributed by atoms with Crippen molar-refractivity contribution in [3.8, 4) is 0 Å². The predicted molar refractivity (Wildman–Crippen MR) is 142 cm³/mol. The molecule has 0 saturated heterocycles. The van der Waals surface area contributed by atoms with Crippen molar-refractivity contribution < 1.29 is 4.79 Å². The molecular weight excluding hydrogens is 442 g/mol. The van der Waals surface area contributed by atoms with Crippen molar-refractivity contribution >= 4 is 35.1 Å². The third-order valence-electron chi connectivity index (χ3n) is 5.27. The number of rotatable bonds is 9. The number of nitrogens with zero attached hydrogens (tertiary/aromatic N) is 1. The molecule has 0 fully saturated rings. The van der Waals surface area contributed by atoms with E-state index in [1.807, 2.05) is 101 Å². The van der Waals surface area contributed by atoms with Gasteiger partial charge < -0.3 is 4.90 Å². The summed E-state index contributed by atoms with van der Waals surface area (Å²) in [4.78, 5) is 18.0. The highest BCUT2D eigenvalue weighted by atomic mass is 32.2. The average Bonchev–Trinajstić information content (AvgIpc) is 2.86. The van der Waals surface area contributed by atoms with Crippen LogP contribution in [-0.2, 0) is 0 Å². The second-order valence-corrected chi connectivity index (χ2v) is 10.6. The lowest BCUT2D eigenvalue weighted by Gasteiger charge is -2.32. The van der Waals surface area contributed by atoms with Gasteiger partial charge in [-0.3, -0.25) is 4.79 Å². The highest BCUT2D eigenvalue weighted by molar-refractivity contribution is 8.17. The van der Waals surface area contributed by atoms with Crippen LogP contribution in [0.2, 0.25) is 0 Å². The fourth-order valence-electron chi connectivity index (χ4n) is 3.69. The van der Waals surface area contributed by atoms with E-state index in [1.54, 1.807) is 0 Å². The predicted octanol–water partition coefficient (Wildman–Crippen LogP) is 8.02. The van der Waals surface area contributed by atoms with E-state index in [0.29, 0.717) is 5.56 Å². The summed E-state index contributed by atoms with van der Waals surface area (Å²) in [5, 5.41) is 0. The average molecular weight is 470 g/mol. The molecule has 0 aromatic heterocycles. The summed E-state index contributed by atoms with van der Waals surface area (Å²) < 4.78 is 0.250. The van der Waals surface area contributed by atoms with E-state index in [2.05, 4.69) is 55.5 Å². The number of hydrogen-bond donors (Lipinski definition) is 0. The molecule has 0 saturated carbocycles. The molecule has 2 nitrogen and oxygen atoms in total. The van der Waals surface area contributed by atoms with Gasteiger partial charge in [-0.15, -0.1) is 23.5 Å². The largest absolute Gasteiger partial charge is 0.306 e. The molecule has 1 amide bonds. The fourth-order valence-corrected chi connectivity index (χ4v) is 6.53. The van der Waals surface area contributed by atoms with Crippen molar-refractivity contribution in [2.24, 2.45) is 0 Å². The van der Waals surface area contributed by atoms with Gasteiger partial charge in [-0.2, -0.15) is 0 Å². The van der Waals surface area contributed by atoms with Gasteiger partial charge in [0.1, 0.15) is 0 Å². The maximum atomic E-state index is 13.6.